The zero-order valence-electron chi connectivity index (χ0n) is 9.13. The highest BCUT2D eigenvalue weighted by Gasteiger charge is 2.07. The molecular weight excluding hydrogens is 162 g/mol. The molecule has 0 aliphatic carbocycles. The van der Waals surface area contributed by atoms with Gasteiger partial charge < -0.3 is 10.8 Å². The van der Waals surface area contributed by atoms with Crippen LogP contribution in [-0.2, 0) is 0 Å². The maximum Gasteiger partial charge on any atom is 0.104 e. The molecule has 0 fully saturated rings. The van der Waals surface area contributed by atoms with E-state index in [9.17, 15) is 0 Å². The Morgan fingerprint density at radius 2 is 1.62 bits per heavy atom. The third-order valence-electron chi connectivity index (χ3n) is 2.60. The van der Waals surface area contributed by atoms with Gasteiger partial charge in [-0.3, -0.25) is 0 Å². The van der Waals surface area contributed by atoms with Gasteiger partial charge in [0, 0.05) is 0 Å². The topological polar surface area (TPSA) is 46.2 Å². The van der Waals surface area contributed by atoms with E-state index >= 15 is 0 Å². The summed E-state index contributed by atoms with van der Waals surface area (Å²) in [6.07, 6.45) is 8.28. The van der Waals surface area contributed by atoms with Gasteiger partial charge in [0.2, 0.25) is 0 Å². The summed E-state index contributed by atoms with van der Waals surface area (Å²) in [7, 11) is 0. The van der Waals surface area contributed by atoms with Crippen molar-refractivity contribution in [3.05, 3.63) is 0 Å². The van der Waals surface area contributed by atoms with E-state index in [-0.39, 0.29) is 5.92 Å². The van der Waals surface area contributed by atoms with E-state index < -0.39 is 6.23 Å². The van der Waals surface area contributed by atoms with Crippen molar-refractivity contribution in [2.45, 2.75) is 65.0 Å². The molecule has 3 N–H and O–H groups in total. The summed E-state index contributed by atoms with van der Waals surface area (Å²) in [6.45, 7) is 4.24. The molecule has 0 rings (SSSR count). The van der Waals surface area contributed by atoms with Gasteiger partial charge in [-0.15, -0.1) is 0 Å². The lowest BCUT2D eigenvalue weighted by molar-refractivity contribution is 0.117. The molecule has 2 atom stereocenters. The lowest BCUT2D eigenvalue weighted by atomic mass is 10.0. The van der Waals surface area contributed by atoms with E-state index in [0.717, 1.165) is 6.42 Å². The van der Waals surface area contributed by atoms with Gasteiger partial charge in [-0.1, -0.05) is 52.4 Å². The van der Waals surface area contributed by atoms with E-state index in [2.05, 4.69) is 6.92 Å². The average molecular weight is 187 g/mol. The van der Waals surface area contributed by atoms with Gasteiger partial charge in [0.15, 0.2) is 0 Å². The monoisotopic (exact) mass is 187 g/mol. The molecule has 0 aliphatic heterocycles. The van der Waals surface area contributed by atoms with Crippen molar-refractivity contribution in [2.24, 2.45) is 11.7 Å². The van der Waals surface area contributed by atoms with Crippen molar-refractivity contribution < 1.29 is 5.11 Å². The summed E-state index contributed by atoms with van der Waals surface area (Å²) < 4.78 is 0. The summed E-state index contributed by atoms with van der Waals surface area (Å²) in [5.74, 6) is 0.256. The molecule has 0 aliphatic rings. The Kier molecular flexibility index (Phi) is 8.46. The Morgan fingerprint density at radius 3 is 2.15 bits per heavy atom. The van der Waals surface area contributed by atoms with Crippen LogP contribution >= 0.6 is 0 Å². The molecule has 2 unspecified atom stereocenters. The van der Waals surface area contributed by atoms with Gasteiger partial charge in [-0.2, -0.15) is 0 Å². The Labute approximate surface area is 82.5 Å². The predicted molar refractivity (Wildman–Crippen MR) is 57.4 cm³/mol. The summed E-state index contributed by atoms with van der Waals surface area (Å²) in [5, 5.41) is 9.04. The third-order valence-corrected chi connectivity index (χ3v) is 2.60. The SMILES string of the molecule is CCCCCCCCC(C)C(N)O. The van der Waals surface area contributed by atoms with E-state index in [1.165, 1.54) is 38.5 Å². The summed E-state index contributed by atoms with van der Waals surface area (Å²) in [5.41, 5.74) is 5.35. The van der Waals surface area contributed by atoms with Crippen molar-refractivity contribution in [3.63, 3.8) is 0 Å². The minimum absolute atomic E-state index is 0.256. The molecule has 0 aromatic rings. The highest BCUT2D eigenvalue weighted by Crippen LogP contribution is 2.12. The molecule has 2 heteroatoms. The first kappa shape index (κ1) is 12.9. The number of unbranched alkanes of at least 4 members (excludes halogenated alkanes) is 5. The minimum Gasteiger partial charge on any atom is -0.379 e. The molecule has 13 heavy (non-hydrogen) atoms. The summed E-state index contributed by atoms with van der Waals surface area (Å²) in [4.78, 5) is 0. The fourth-order valence-electron chi connectivity index (χ4n) is 1.42. The fraction of sp³-hybridized carbons (Fsp3) is 1.00. The van der Waals surface area contributed by atoms with Crippen LogP contribution in [-0.4, -0.2) is 11.3 Å². The number of hydrogen-bond acceptors (Lipinski definition) is 2. The quantitative estimate of drug-likeness (QED) is 0.453. The first-order valence-electron chi connectivity index (χ1n) is 5.62. The van der Waals surface area contributed by atoms with Crippen molar-refractivity contribution in [2.75, 3.05) is 0 Å². The fourth-order valence-corrected chi connectivity index (χ4v) is 1.42. The van der Waals surface area contributed by atoms with Gasteiger partial charge >= 0.3 is 0 Å². The lowest BCUT2D eigenvalue weighted by Gasteiger charge is -2.13. The van der Waals surface area contributed by atoms with Crippen molar-refractivity contribution >= 4 is 0 Å². The molecule has 0 aromatic heterocycles. The van der Waals surface area contributed by atoms with E-state index in [4.69, 9.17) is 10.8 Å². The lowest BCUT2D eigenvalue weighted by Crippen LogP contribution is -2.27. The van der Waals surface area contributed by atoms with Crippen LogP contribution < -0.4 is 5.73 Å². The minimum atomic E-state index is -0.629. The molecule has 0 saturated carbocycles. The van der Waals surface area contributed by atoms with Gasteiger partial charge in [-0.25, -0.2) is 0 Å². The number of aliphatic hydroxyl groups is 1. The second-order valence-corrected chi connectivity index (χ2v) is 4.02. The Balaban J connectivity index is 3.07. The molecule has 0 radical (unpaired) electrons. The van der Waals surface area contributed by atoms with Crippen LogP contribution in [0.4, 0.5) is 0 Å². The molecule has 0 saturated heterocycles. The standard InChI is InChI=1S/C11H25NO/c1-3-4-5-6-7-8-9-10(2)11(12)13/h10-11,13H,3-9,12H2,1-2H3. The normalized spacial score (nSPS) is 15.7. The average Bonchev–Trinajstić information content (AvgIpc) is 2.10. The van der Waals surface area contributed by atoms with Crippen molar-refractivity contribution in [3.8, 4) is 0 Å². The predicted octanol–water partition coefficient (Wildman–Crippen LogP) is 2.65. The highest BCUT2D eigenvalue weighted by molar-refractivity contribution is 4.57. The van der Waals surface area contributed by atoms with Gasteiger partial charge in [0.25, 0.3) is 0 Å². The molecule has 0 aromatic carbocycles. The van der Waals surface area contributed by atoms with Gasteiger partial charge in [0.1, 0.15) is 6.23 Å². The number of nitrogens with two attached hydrogens (primary N) is 1. The van der Waals surface area contributed by atoms with Crippen LogP contribution in [0, 0.1) is 5.92 Å². The number of aliphatic hydroxyl groups excluding tert-OH is 1. The molecule has 0 heterocycles. The largest absolute Gasteiger partial charge is 0.379 e. The Bertz CT molecular complexity index is 104. The van der Waals surface area contributed by atoms with Crippen LogP contribution in [0.5, 0.6) is 0 Å². The summed E-state index contributed by atoms with van der Waals surface area (Å²) >= 11 is 0. The molecule has 0 bridgehead atoms. The van der Waals surface area contributed by atoms with Crippen LogP contribution in [0.2, 0.25) is 0 Å². The smallest absolute Gasteiger partial charge is 0.104 e. The van der Waals surface area contributed by atoms with Crippen molar-refractivity contribution in [1.29, 1.82) is 0 Å². The molecule has 2 nitrogen and oxygen atoms in total. The van der Waals surface area contributed by atoms with Crippen LogP contribution in [0.25, 0.3) is 0 Å². The summed E-state index contributed by atoms with van der Waals surface area (Å²) in [6, 6.07) is 0. The van der Waals surface area contributed by atoms with Gasteiger partial charge in [0.05, 0.1) is 0 Å². The second-order valence-electron chi connectivity index (χ2n) is 4.02. The molecule has 80 valence electrons. The zero-order chi connectivity index (χ0) is 10.1. The Hall–Kier alpha value is -0.0800. The maximum absolute atomic E-state index is 9.04. The Morgan fingerprint density at radius 1 is 1.08 bits per heavy atom. The zero-order valence-corrected chi connectivity index (χ0v) is 9.13. The van der Waals surface area contributed by atoms with Crippen LogP contribution in [0.1, 0.15) is 58.8 Å². The molecule has 0 amide bonds. The van der Waals surface area contributed by atoms with Crippen molar-refractivity contribution in [1.82, 2.24) is 0 Å². The number of hydrogen-bond donors (Lipinski definition) is 2. The first-order valence-corrected chi connectivity index (χ1v) is 5.62. The third kappa shape index (κ3) is 8.26. The first-order chi connectivity index (χ1) is 6.18. The van der Waals surface area contributed by atoms with E-state index in [0.29, 0.717) is 0 Å². The van der Waals surface area contributed by atoms with Crippen LogP contribution in [0.15, 0.2) is 0 Å². The molecule has 0 spiro atoms. The second kappa shape index (κ2) is 8.52. The molecular formula is C11H25NO. The van der Waals surface area contributed by atoms with E-state index in [1.54, 1.807) is 0 Å². The van der Waals surface area contributed by atoms with E-state index in [1.807, 2.05) is 6.92 Å². The van der Waals surface area contributed by atoms with Crippen LogP contribution in [0.3, 0.4) is 0 Å². The number of rotatable bonds is 8. The maximum atomic E-state index is 9.04. The highest BCUT2D eigenvalue weighted by atomic mass is 16.3. The van der Waals surface area contributed by atoms with Gasteiger partial charge in [-0.05, 0) is 12.3 Å².